The molecule has 1 heterocycles. The molecule has 0 amide bonds. The van der Waals surface area contributed by atoms with Crippen LogP contribution in [0.2, 0.25) is 0 Å². The summed E-state index contributed by atoms with van der Waals surface area (Å²) in [5.74, 6) is -1.96. The minimum Gasteiger partial charge on any atom is -0.465 e. The van der Waals surface area contributed by atoms with Crippen LogP contribution >= 0.6 is 0 Å². The lowest BCUT2D eigenvalue weighted by Crippen LogP contribution is -2.27. The number of benzene rings is 1. The molecule has 1 aliphatic heterocycles. The molecule has 1 aromatic carbocycles. The third-order valence-electron chi connectivity index (χ3n) is 3.95. The van der Waals surface area contributed by atoms with Gasteiger partial charge < -0.3 is 24.4 Å². The average molecular weight is 390 g/mol. The van der Waals surface area contributed by atoms with Crippen LogP contribution < -0.4 is 10.2 Å². The van der Waals surface area contributed by atoms with Crippen molar-refractivity contribution in [2.75, 3.05) is 44.7 Å². The molecule has 1 aliphatic rings. The maximum absolute atomic E-state index is 14.0. The van der Waals surface area contributed by atoms with E-state index in [0.29, 0.717) is 24.5 Å². The number of rotatable bonds is 8. The zero-order valence-electron chi connectivity index (χ0n) is 16.0. The summed E-state index contributed by atoms with van der Waals surface area (Å²) in [6.45, 7) is 1.14. The fraction of sp³-hybridized carbons (Fsp3) is 0.300. The monoisotopic (exact) mass is 390 g/mol. The summed E-state index contributed by atoms with van der Waals surface area (Å²) in [6.07, 6.45) is 6.93. The molecule has 2 rings (SSSR count). The van der Waals surface area contributed by atoms with Gasteiger partial charge in [-0.15, -0.1) is 0 Å². The van der Waals surface area contributed by atoms with Crippen molar-refractivity contribution >= 4 is 23.3 Å². The molecular weight excluding hydrogens is 367 g/mol. The first kappa shape index (κ1) is 21.2. The molecule has 0 bridgehead atoms. The Labute approximate surface area is 163 Å². The molecule has 1 N–H and O–H groups in total. The Kier molecular flexibility index (Phi) is 7.76. The molecule has 0 saturated heterocycles. The summed E-state index contributed by atoms with van der Waals surface area (Å²) in [5, 5.41) is 3.20. The Morgan fingerprint density at radius 3 is 2.54 bits per heavy atom. The standard InChI is InChI=1S/C20H23FN2O5/c1-26-12-6-10-22-16-9-8-14(21)13-17(16)23-11-5-4-7-15(19(24)27-2)18(23)20(25)28-3/h4-5,7-9,11,13,22H,6,10,12H2,1-3H3. The first-order chi connectivity index (χ1) is 13.5. The Morgan fingerprint density at radius 1 is 1.11 bits per heavy atom. The molecule has 0 fully saturated rings. The maximum Gasteiger partial charge on any atom is 0.355 e. The average Bonchev–Trinajstić information content (AvgIpc) is 2.93. The van der Waals surface area contributed by atoms with E-state index < -0.39 is 17.8 Å². The Hall–Kier alpha value is -3.13. The van der Waals surface area contributed by atoms with Crippen LogP contribution in [0.4, 0.5) is 15.8 Å². The quantitative estimate of drug-likeness (QED) is 0.540. The predicted octanol–water partition coefficient (Wildman–Crippen LogP) is 2.76. The lowest BCUT2D eigenvalue weighted by Gasteiger charge is -2.25. The Bertz CT molecular complexity index is 817. The van der Waals surface area contributed by atoms with Crippen LogP contribution in [-0.2, 0) is 23.8 Å². The second-order valence-corrected chi connectivity index (χ2v) is 5.75. The molecule has 0 radical (unpaired) electrons. The molecule has 0 aliphatic carbocycles. The van der Waals surface area contributed by atoms with Gasteiger partial charge in [0.1, 0.15) is 11.5 Å². The molecular formula is C20H23FN2O5. The number of nitrogens with zero attached hydrogens (tertiary/aromatic N) is 1. The SMILES string of the molecule is COCCCNc1ccc(F)cc1N1C=CC=CC(C(=O)OC)=C1C(=O)OC. The van der Waals surface area contributed by atoms with Gasteiger partial charge in [-0.2, -0.15) is 0 Å². The van der Waals surface area contributed by atoms with Crippen LogP contribution in [0.15, 0.2) is 53.9 Å². The molecule has 8 heteroatoms. The van der Waals surface area contributed by atoms with Gasteiger partial charge in [-0.05, 0) is 36.8 Å². The lowest BCUT2D eigenvalue weighted by molar-refractivity contribution is -0.139. The van der Waals surface area contributed by atoms with Crippen molar-refractivity contribution in [3.63, 3.8) is 0 Å². The number of carbonyl (C=O) groups excluding carboxylic acids is 2. The predicted molar refractivity (Wildman–Crippen MR) is 103 cm³/mol. The first-order valence-electron chi connectivity index (χ1n) is 8.60. The third kappa shape index (κ3) is 4.98. The molecule has 1 aromatic rings. The summed E-state index contributed by atoms with van der Waals surface area (Å²) < 4.78 is 28.7. The van der Waals surface area contributed by atoms with E-state index >= 15 is 0 Å². The molecule has 0 atom stereocenters. The highest BCUT2D eigenvalue weighted by molar-refractivity contribution is 6.06. The zero-order chi connectivity index (χ0) is 20.5. The molecule has 0 unspecified atom stereocenters. The van der Waals surface area contributed by atoms with E-state index in [2.05, 4.69) is 5.32 Å². The molecule has 28 heavy (non-hydrogen) atoms. The van der Waals surface area contributed by atoms with Gasteiger partial charge in [0.05, 0.1) is 31.2 Å². The van der Waals surface area contributed by atoms with Crippen molar-refractivity contribution < 1.29 is 28.2 Å². The van der Waals surface area contributed by atoms with Crippen LogP contribution in [0.3, 0.4) is 0 Å². The highest BCUT2D eigenvalue weighted by Crippen LogP contribution is 2.33. The van der Waals surface area contributed by atoms with Gasteiger partial charge in [-0.1, -0.05) is 6.08 Å². The van der Waals surface area contributed by atoms with E-state index in [1.54, 1.807) is 31.5 Å². The maximum atomic E-state index is 14.0. The highest BCUT2D eigenvalue weighted by Gasteiger charge is 2.28. The van der Waals surface area contributed by atoms with Crippen molar-refractivity contribution in [2.24, 2.45) is 0 Å². The number of allylic oxidation sites excluding steroid dienone is 2. The second kappa shape index (κ2) is 10.3. The molecule has 0 spiro atoms. The lowest BCUT2D eigenvalue weighted by atomic mass is 10.1. The minimum absolute atomic E-state index is 0.00561. The number of ether oxygens (including phenoxy) is 3. The molecule has 0 saturated carbocycles. The van der Waals surface area contributed by atoms with Crippen LogP contribution in [0.5, 0.6) is 0 Å². The minimum atomic E-state index is -0.758. The summed E-state index contributed by atoms with van der Waals surface area (Å²) >= 11 is 0. The number of hydrogen-bond donors (Lipinski definition) is 1. The number of carbonyl (C=O) groups is 2. The number of halogens is 1. The number of nitrogens with one attached hydrogen (secondary N) is 1. The van der Waals surface area contributed by atoms with E-state index in [1.165, 1.54) is 37.3 Å². The van der Waals surface area contributed by atoms with Crippen LogP contribution in [0, 0.1) is 5.82 Å². The van der Waals surface area contributed by atoms with E-state index in [4.69, 9.17) is 14.2 Å². The summed E-state index contributed by atoms with van der Waals surface area (Å²) in [7, 11) is 4.03. The fourth-order valence-corrected chi connectivity index (χ4v) is 2.64. The smallest absolute Gasteiger partial charge is 0.355 e. The second-order valence-electron chi connectivity index (χ2n) is 5.75. The summed E-state index contributed by atoms with van der Waals surface area (Å²) in [6, 6.07) is 4.15. The third-order valence-corrected chi connectivity index (χ3v) is 3.95. The van der Waals surface area contributed by atoms with E-state index in [1.807, 2.05) is 0 Å². The highest BCUT2D eigenvalue weighted by atomic mass is 19.1. The van der Waals surface area contributed by atoms with E-state index in [-0.39, 0.29) is 11.3 Å². The van der Waals surface area contributed by atoms with Gasteiger partial charge in [0, 0.05) is 26.5 Å². The number of hydrogen-bond acceptors (Lipinski definition) is 7. The van der Waals surface area contributed by atoms with Gasteiger partial charge in [0.15, 0.2) is 0 Å². The molecule has 7 nitrogen and oxygen atoms in total. The summed E-state index contributed by atoms with van der Waals surface area (Å²) in [4.78, 5) is 26.1. The number of methoxy groups -OCH3 is 3. The van der Waals surface area contributed by atoms with Gasteiger partial charge in [-0.3, -0.25) is 0 Å². The van der Waals surface area contributed by atoms with Crippen molar-refractivity contribution in [3.05, 3.63) is 59.7 Å². The molecule has 0 aromatic heterocycles. The van der Waals surface area contributed by atoms with E-state index in [0.717, 1.165) is 6.42 Å². The topological polar surface area (TPSA) is 77.1 Å². The van der Waals surface area contributed by atoms with Crippen molar-refractivity contribution in [1.82, 2.24) is 0 Å². The normalized spacial score (nSPS) is 13.4. The van der Waals surface area contributed by atoms with Gasteiger partial charge >= 0.3 is 11.9 Å². The van der Waals surface area contributed by atoms with Crippen LogP contribution in [0.25, 0.3) is 0 Å². The molecule has 150 valence electrons. The van der Waals surface area contributed by atoms with Crippen LogP contribution in [0.1, 0.15) is 6.42 Å². The zero-order valence-corrected chi connectivity index (χ0v) is 16.0. The van der Waals surface area contributed by atoms with Crippen molar-refractivity contribution in [3.8, 4) is 0 Å². The van der Waals surface area contributed by atoms with E-state index in [9.17, 15) is 14.0 Å². The van der Waals surface area contributed by atoms with Gasteiger partial charge in [0.25, 0.3) is 0 Å². The van der Waals surface area contributed by atoms with Crippen LogP contribution in [-0.4, -0.2) is 46.4 Å². The first-order valence-corrected chi connectivity index (χ1v) is 8.60. The fourth-order valence-electron chi connectivity index (χ4n) is 2.64. The summed E-state index contributed by atoms with van der Waals surface area (Å²) in [5.41, 5.74) is 0.840. The number of esters is 2. The van der Waals surface area contributed by atoms with Gasteiger partial charge in [0.2, 0.25) is 0 Å². The largest absolute Gasteiger partial charge is 0.465 e. The Morgan fingerprint density at radius 2 is 1.86 bits per heavy atom. The van der Waals surface area contributed by atoms with Crippen molar-refractivity contribution in [2.45, 2.75) is 6.42 Å². The number of anilines is 2. The Balaban J connectivity index is 2.55. The van der Waals surface area contributed by atoms with Crippen molar-refractivity contribution in [1.29, 1.82) is 0 Å². The van der Waals surface area contributed by atoms with Gasteiger partial charge in [-0.25, -0.2) is 14.0 Å².